The van der Waals surface area contributed by atoms with Crippen LogP contribution in [0.2, 0.25) is 0 Å². The second-order valence-corrected chi connectivity index (χ2v) is 9.82. The van der Waals surface area contributed by atoms with Crippen molar-refractivity contribution in [2.75, 3.05) is 32.0 Å². The summed E-state index contributed by atoms with van der Waals surface area (Å²) >= 11 is 0. The van der Waals surface area contributed by atoms with Crippen LogP contribution < -0.4 is 5.32 Å². The summed E-state index contributed by atoms with van der Waals surface area (Å²) in [6, 6.07) is 8.13. The largest absolute Gasteiger partial charge is 0.377 e. The molecule has 0 amide bonds. The molecule has 0 bridgehead atoms. The molecule has 1 fully saturated rings. The molecule has 1 aliphatic rings. The lowest BCUT2D eigenvalue weighted by Gasteiger charge is -2.39. The van der Waals surface area contributed by atoms with Crippen molar-refractivity contribution in [3.8, 4) is 0 Å². The highest BCUT2D eigenvalue weighted by Gasteiger charge is 2.40. The first-order chi connectivity index (χ1) is 12.3. The predicted octanol–water partition coefficient (Wildman–Crippen LogP) is 2.20. The van der Waals surface area contributed by atoms with Crippen LogP contribution >= 0.6 is 0 Å². The summed E-state index contributed by atoms with van der Waals surface area (Å²) in [7, 11) is -3.07. The molecule has 26 heavy (non-hydrogen) atoms. The third kappa shape index (κ3) is 4.98. The maximum atomic E-state index is 12.3. The van der Waals surface area contributed by atoms with Crippen molar-refractivity contribution in [3.05, 3.63) is 35.4 Å². The van der Waals surface area contributed by atoms with Crippen LogP contribution in [-0.4, -0.2) is 56.0 Å². The average molecular weight is 382 g/mol. The van der Waals surface area contributed by atoms with Crippen LogP contribution in [0.1, 0.15) is 38.8 Å². The molecule has 146 valence electrons. The number of hydrogen-bond donors (Lipinski definition) is 1. The Balaban J connectivity index is 2.18. The standard InChI is InChI=1S/C19H31N3O3S/c1-5-20-18(22-11-12-26(23,24)19(3,4)15-22)21-13-16-9-7-8-10-17(16)14-25-6-2/h7-10H,5-6,11-15H2,1-4H3,(H,20,21). The van der Waals surface area contributed by atoms with Crippen LogP contribution in [0.3, 0.4) is 0 Å². The van der Waals surface area contributed by atoms with Gasteiger partial charge in [0.25, 0.3) is 0 Å². The van der Waals surface area contributed by atoms with Crippen LogP contribution in [-0.2, 0) is 27.7 Å². The van der Waals surface area contributed by atoms with Gasteiger partial charge in [-0.15, -0.1) is 0 Å². The molecular weight excluding hydrogens is 350 g/mol. The third-order valence-electron chi connectivity index (χ3n) is 4.66. The Morgan fingerprint density at radius 2 is 1.96 bits per heavy atom. The summed E-state index contributed by atoms with van der Waals surface area (Å²) in [6.45, 7) is 11.0. The van der Waals surface area contributed by atoms with Gasteiger partial charge in [-0.05, 0) is 38.8 Å². The highest BCUT2D eigenvalue weighted by Crippen LogP contribution is 2.24. The van der Waals surface area contributed by atoms with Crippen LogP contribution in [0.25, 0.3) is 0 Å². The maximum absolute atomic E-state index is 12.3. The number of nitrogens with zero attached hydrogens (tertiary/aromatic N) is 2. The molecule has 0 atom stereocenters. The number of aliphatic imine (C=N–C) groups is 1. The van der Waals surface area contributed by atoms with Gasteiger partial charge in [-0.2, -0.15) is 0 Å². The number of rotatable bonds is 6. The van der Waals surface area contributed by atoms with E-state index in [1.165, 1.54) is 0 Å². The highest BCUT2D eigenvalue weighted by atomic mass is 32.2. The van der Waals surface area contributed by atoms with E-state index < -0.39 is 14.6 Å². The lowest BCUT2D eigenvalue weighted by molar-refractivity contribution is 0.133. The van der Waals surface area contributed by atoms with Crippen molar-refractivity contribution < 1.29 is 13.2 Å². The van der Waals surface area contributed by atoms with E-state index in [0.29, 0.717) is 32.8 Å². The molecule has 0 aromatic heterocycles. The van der Waals surface area contributed by atoms with E-state index in [-0.39, 0.29) is 5.75 Å². The zero-order valence-electron chi connectivity index (χ0n) is 16.3. The molecule has 1 N–H and O–H groups in total. The summed E-state index contributed by atoms with van der Waals surface area (Å²) in [5, 5.41) is 3.30. The summed E-state index contributed by atoms with van der Waals surface area (Å²) in [4.78, 5) is 6.82. The van der Waals surface area contributed by atoms with E-state index in [9.17, 15) is 8.42 Å². The second kappa shape index (κ2) is 8.86. The fourth-order valence-electron chi connectivity index (χ4n) is 2.97. The second-order valence-electron chi connectivity index (χ2n) is 7.08. The molecular formula is C19H31N3O3S. The highest BCUT2D eigenvalue weighted by molar-refractivity contribution is 7.92. The molecule has 1 aromatic carbocycles. The molecule has 0 radical (unpaired) electrons. The van der Waals surface area contributed by atoms with Gasteiger partial charge in [-0.3, -0.25) is 0 Å². The van der Waals surface area contributed by atoms with Crippen molar-refractivity contribution in [2.45, 2.75) is 45.6 Å². The van der Waals surface area contributed by atoms with Crippen LogP contribution in [0, 0.1) is 0 Å². The lowest BCUT2D eigenvalue weighted by atomic mass is 10.1. The fraction of sp³-hybridized carbons (Fsp3) is 0.632. The third-order valence-corrected chi connectivity index (χ3v) is 7.19. The molecule has 7 heteroatoms. The first-order valence-corrected chi connectivity index (χ1v) is 10.9. The number of ether oxygens (including phenoxy) is 1. The van der Waals surface area contributed by atoms with Gasteiger partial charge in [0.1, 0.15) is 0 Å². The Bertz CT molecular complexity index is 729. The Hall–Kier alpha value is -1.60. The minimum atomic E-state index is -3.07. The summed E-state index contributed by atoms with van der Waals surface area (Å²) < 4.78 is 29.3. The molecule has 1 aromatic rings. The quantitative estimate of drug-likeness (QED) is 0.604. The normalized spacial score (nSPS) is 19.4. The van der Waals surface area contributed by atoms with Gasteiger partial charge < -0.3 is 15.0 Å². The summed E-state index contributed by atoms with van der Waals surface area (Å²) in [6.07, 6.45) is 0. The molecule has 0 saturated carbocycles. The number of guanidine groups is 1. The lowest BCUT2D eigenvalue weighted by Crippen LogP contribution is -2.57. The number of sulfone groups is 1. The van der Waals surface area contributed by atoms with Gasteiger partial charge >= 0.3 is 0 Å². The molecule has 0 aliphatic carbocycles. The average Bonchev–Trinajstić information content (AvgIpc) is 2.60. The Kier molecular flexibility index (Phi) is 7.06. The van der Waals surface area contributed by atoms with Crippen molar-refractivity contribution >= 4 is 15.8 Å². The molecule has 6 nitrogen and oxygen atoms in total. The SMILES string of the molecule is CCNC(=NCc1ccccc1COCC)N1CCS(=O)(=O)C(C)(C)C1. The van der Waals surface area contributed by atoms with E-state index >= 15 is 0 Å². The monoisotopic (exact) mass is 381 g/mol. The minimum Gasteiger partial charge on any atom is -0.377 e. The smallest absolute Gasteiger partial charge is 0.194 e. The minimum absolute atomic E-state index is 0.158. The predicted molar refractivity (Wildman–Crippen MR) is 106 cm³/mol. The van der Waals surface area contributed by atoms with Gasteiger partial charge in [-0.25, -0.2) is 13.4 Å². The molecule has 2 rings (SSSR count). The van der Waals surface area contributed by atoms with Crippen molar-refractivity contribution in [1.29, 1.82) is 0 Å². The van der Waals surface area contributed by atoms with Crippen molar-refractivity contribution in [3.63, 3.8) is 0 Å². The van der Waals surface area contributed by atoms with Crippen molar-refractivity contribution in [1.82, 2.24) is 10.2 Å². The van der Waals surface area contributed by atoms with E-state index in [1.54, 1.807) is 13.8 Å². The van der Waals surface area contributed by atoms with E-state index in [1.807, 2.05) is 26.0 Å². The fourth-order valence-corrected chi connectivity index (χ4v) is 4.34. The molecule has 1 heterocycles. The Labute approximate surface area is 157 Å². The topological polar surface area (TPSA) is 71.0 Å². The first-order valence-electron chi connectivity index (χ1n) is 9.21. The molecule has 1 saturated heterocycles. The molecule has 0 spiro atoms. The van der Waals surface area contributed by atoms with Gasteiger partial charge in [0, 0.05) is 26.2 Å². The molecule has 1 aliphatic heterocycles. The summed E-state index contributed by atoms with van der Waals surface area (Å²) in [5.74, 6) is 0.924. The zero-order chi connectivity index (χ0) is 19.2. The first kappa shape index (κ1) is 20.7. The van der Waals surface area contributed by atoms with E-state index in [0.717, 1.165) is 23.6 Å². The van der Waals surface area contributed by atoms with Gasteiger partial charge in [0.15, 0.2) is 15.8 Å². The van der Waals surface area contributed by atoms with Crippen LogP contribution in [0.15, 0.2) is 29.3 Å². The van der Waals surface area contributed by atoms with E-state index in [4.69, 9.17) is 9.73 Å². The van der Waals surface area contributed by atoms with Crippen LogP contribution in [0.5, 0.6) is 0 Å². The van der Waals surface area contributed by atoms with Crippen molar-refractivity contribution in [2.24, 2.45) is 4.99 Å². The number of benzene rings is 1. The Morgan fingerprint density at radius 3 is 2.58 bits per heavy atom. The van der Waals surface area contributed by atoms with Crippen LogP contribution in [0.4, 0.5) is 0 Å². The Morgan fingerprint density at radius 1 is 1.27 bits per heavy atom. The molecule has 0 unspecified atom stereocenters. The summed E-state index contributed by atoms with van der Waals surface area (Å²) in [5.41, 5.74) is 2.26. The van der Waals surface area contributed by atoms with Gasteiger partial charge in [0.2, 0.25) is 0 Å². The van der Waals surface area contributed by atoms with Gasteiger partial charge in [-0.1, -0.05) is 24.3 Å². The zero-order valence-corrected chi connectivity index (χ0v) is 17.1. The number of nitrogens with one attached hydrogen (secondary N) is 1. The number of hydrogen-bond acceptors (Lipinski definition) is 4. The van der Waals surface area contributed by atoms with E-state index in [2.05, 4.69) is 22.3 Å². The van der Waals surface area contributed by atoms with Gasteiger partial charge in [0.05, 0.1) is 23.7 Å². The maximum Gasteiger partial charge on any atom is 0.194 e.